The van der Waals surface area contributed by atoms with Gasteiger partial charge in [-0.15, -0.1) is 0 Å². The molecular weight excluding hydrogens is 268 g/mol. The number of nitrogens with two attached hydrogens (primary N) is 1. The van der Waals surface area contributed by atoms with E-state index in [9.17, 15) is 0 Å². The molecule has 21 heavy (non-hydrogen) atoms. The lowest BCUT2D eigenvalue weighted by molar-refractivity contribution is 0.373. The zero-order valence-corrected chi connectivity index (χ0v) is 12.3. The number of hydrogen-bond donors (Lipinski definition) is 2. The van der Waals surface area contributed by atoms with E-state index in [1.165, 1.54) is 0 Å². The molecule has 1 aliphatic heterocycles. The predicted molar refractivity (Wildman–Crippen MR) is 80.0 cm³/mol. The third-order valence-electron chi connectivity index (χ3n) is 3.85. The quantitative estimate of drug-likeness (QED) is 0.641. The molecule has 0 aromatic carbocycles. The van der Waals surface area contributed by atoms with Gasteiger partial charge in [0.15, 0.2) is 0 Å². The molecule has 0 aliphatic carbocycles. The highest BCUT2D eigenvalue weighted by Crippen LogP contribution is 2.26. The van der Waals surface area contributed by atoms with Crippen molar-refractivity contribution >= 4 is 11.9 Å². The summed E-state index contributed by atoms with van der Waals surface area (Å²) < 4.78 is 1.60. The number of nitrogens with one attached hydrogen (secondary N) is 1. The van der Waals surface area contributed by atoms with Crippen molar-refractivity contribution in [2.24, 2.45) is 11.8 Å². The Hall–Kier alpha value is -2.22. The summed E-state index contributed by atoms with van der Waals surface area (Å²) in [5.74, 6) is 7.66. The fourth-order valence-corrected chi connectivity index (χ4v) is 2.74. The van der Waals surface area contributed by atoms with Gasteiger partial charge in [0.05, 0.1) is 0 Å². The van der Waals surface area contributed by atoms with E-state index in [2.05, 4.69) is 44.2 Å². The first-order valence-electron chi connectivity index (χ1n) is 7.16. The third-order valence-corrected chi connectivity index (χ3v) is 3.85. The highest BCUT2D eigenvalue weighted by Gasteiger charge is 2.26. The van der Waals surface area contributed by atoms with Crippen molar-refractivity contribution in [3.63, 3.8) is 0 Å². The minimum Gasteiger partial charge on any atom is -0.338 e. The van der Waals surface area contributed by atoms with Gasteiger partial charge in [-0.25, -0.2) is 10.5 Å². The molecule has 1 saturated heterocycles. The normalized spacial score (nSPS) is 22.3. The van der Waals surface area contributed by atoms with Crippen LogP contribution in [0.3, 0.4) is 0 Å². The summed E-state index contributed by atoms with van der Waals surface area (Å²) in [6.07, 6.45) is 5.75. The molecule has 0 bridgehead atoms. The molecule has 3 rings (SSSR count). The van der Waals surface area contributed by atoms with Gasteiger partial charge in [-0.1, -0.05) is 6.92 Å². The minimum absolute atomic E-state index is 0.344. The molecule has 2 atom stereocenters. The van der Waals surface area contributed by atoms with Crippen LogP contribution >= 0.6 is 0 Å². The summed E-state index contributed by atoms with van der Waals surface area (Å²) in [6.45, 7) is 5.42. The molecule has 1 aliphatic rings. The van der Waals surface area contributed by atoms with Gasteiger partial charge in [0.25, 0.3) is 5.95 Å². The van der Waals surface area contributed by atoms with Crippen molar-refractivity contribution in [2.75, 3.05) is 16.9 Å². The number of piperidine rings is 1. The van der Waals surface area contributed by atoms with Crippen LogP contribution in [0.5, 0.6) is 0 Å². The minimum atomic E-state index is 0.344. The Morgan fingerprint density at radius 3 is 2.71 bits per heavy atom. The van der Waals surface area contributed by atoms with Gasteiger partial charge in [0.1, 0.15) is 0 Å². The van der Waals surface area contributed by atoms with E-state index >= 15 is 0 Å². The maximum atomic E-state index is 5.48. The Morgan fingerprint density at radius 2 is 2.05 bits per heavy atom. The lowest BCUT2D eigenvalue weighted by Crippen LogP contribution is -2.41. The highest BCUT2D eigenvalue weighted by molar-refractivity contribution is 5.40. The van der Waals surface area contributed by atoms with Crippen LogP contribution in [-0.2, 0) is 0 Å². The summed E-state index contributed by atoms with van der Waals surface area (Å²) in [6, 6.07) is 2.22. The number of aromatic nitrogens is 5. The Kier molecular flexibility index (Phi) is 3.70. The molecule has 0 amide bonds. The molecule has 3 N–H and O–H groups in total. The molecule has 2 unspecified atom stereocenters. The SMILES string of the molecule is CC1CCN(c2nc(NN)nc(-n3cccn3)n2)C(C)C1. The van der Waals surface area contributed by atoms with Crippen LogP contribution in [-0.4, -0.2) is 37.3 Å². The molecule has 0 radical (unpaired) electrons. The molecule has 8 nitrogen and oxygen atoms in total. The smallest absolute Gasteiger partial charge is 0.257 e. The second-order valence-corrected chi connectivity index (χ2v) is 5.53. The van der Waals surface area contributed by atoms with Crippen LogP contribution in [0.15, 0.2) is 18.5 Å². The number of anilines is 2. The van der Waals surface area contributed by atoms with E-state index in [-0.39, 0.29) is 0 Å². The van der Waals surface area contributed by atoms with Crippen molar-refractivity contribution in [1.29, 1.82) is 0 Å². The average molecular weight is 288 g/mol. The van der Waals surface area contributed by atoms with E-state index in [1.54, 1.807) is 17.1 Å². The Morgan fingerprint density at radius 1 is 1.24 bits per heavy atom. The second kappa shape index (κ2) is 5.65. The van der Waals surface area contributed by atoms with Gasteiger partial charge in [-0.2, -0.15) is 20.1 Å². The molecule has 8 heteroatoms. The summed E-state index contributed by atoms with van der Waals surface area (Å²) in [5.41, 5.74) is 2.50. The van der Waals surface area contributed by atoms with Crippen LogP contribution in [0.1, 0.15) is 26.7 Å². The van der Waals surface area contributed by atoms with Gasteiger partial charge in [-0.05, 0) is 31.7 Å². The number of nitrogen functional groups attached to an aromatic ring is 1. The Balaban J connectivity index is 1.96. The molecule has 0 spiro atoms. The molecule has 1 fully saturated rings. The largest absolute Gasteiger partial charge is 0.338 e. The molecule has 2 aromatic rings. The van der Waals surface area contributed by atoms with Crippen molar-refractivity contribution < 1.29 is 0 Å². The number of rotatable bonds is 3. The standard InChI is InChI=1S/C13H20N8/c1-9-4-7-20(10(2)8-9)12-16-11(19-14)17-13(18-12)21-6-3-5-15-21/h3,5-6,9-10H,4,7-8,14H2,1-2H3,(H,16,17,18,19). The second-order valence-electron chi connectivity index (χ2n) is 5.53. The topological polar surface area (TPSA) is 97.8 Å². The van der Waals surface area contributed by atoms with Crippen LogP contribution in [0.2, 0.25) is 0 Å². The molecule has 2 aromatic heterocycles. The van der Waals surface area contributed by atoms with Crippen molar-refractivity contribution in [3.8, 4) is 5.95 Å². The van der Waals surface area contributed by atoms with Gasteiger partial charge < -0.3 is 4.90 Å². The molecular formula is C13H20N8. The van der Waals surface area contributed by atoms with E-state index in [4.69, 9.17) is 5.84 Å². The van der Waals surface area contributed by atoms with Gasteiger partial charge in [0.2, 0.25) is 11.9 Å². The van der Waals surface area contributed by atoms with E-state index in [0.717, 1.165) is 25.3 Å². The van der Waals surface area contributed by atoms with Gasteiger partial charge in [0, 0.05) is 25.0 Å². The van der Waals surface area contributed by atoms with E-state index in [0.29, 0.717) is 23.9 Å². The van der Waals surface area contributed by atoms with Crippen molar-refractivity contribution in [2.45, 2.75) is 32.7 Å². The predicted octanol–water partition coefficient (Wildman–Crippen LogP) is 0.968. The number of hydrazine groups is 1. The first kappa shape index (κ1) is 13.7. The first-order chi connectivity index (χ1) is 10.2. The molecule has 0 saturated carbocycles. The Bertz CT molecular complexity index is 596. The van der Waals surface area contributed by atoms with Crippen molar-refractivity contribution in [1.82, 2.24) is 24.7 Å². The summed E-state index contributed by atoms with van der Waals surface area (Å²) in [7, 11) is 0. The van der Waals surface area contributed by atoms with E-state index in [1.807, 2.05) is 6.07 Å². The number of hydrogen-bond acceptors (Lipinski definition) is 7. The monoisotopic (exact) mass is 288 g/mol. The Labute approximate surface area is 123 Å². The highest BCUT2D eigenvalue weighted by atomic mass is 15.4. The third kappa shape index (κ3) is 2.80. The summed E-state index contributed by atoms with van der Waals surface area (Å²) in [5, 5.41) is 4.16. The van der Waals surface area contributed by atoms with E-state index < -0.39 is 0 Å². The van der Waals surface area contributed by atoms with Crippen LogP contribution < -0.4 is 16.2 Å². The fraction of sp³-hybridized carbons (Fsp3) is 0.538. The fourth-order valence-electron chi connectivity index (χ4n) is 2.74. The molecule has 112 valence electrons. The van der Waals surface area contributed by atoms with Crippen molar-refractivity contribution in [3.05, 3.63) is 18.5 Å². The summed E-state index contributed by atoms with van der Waals surface area (Å²) >= 11 is 0. The average Bonchev–Trinajstić information content (AvgIpc) is 3.01. The zero-order chi connectivity index (χ0) is 14.8. The van der Waals surface area contributed by atoms with Gasteiger partial charge >= 0.3 is 0 Å². The van der Waals surface area contributed by atoms with Crippen LogP contribution in [0.25, 0.3) is 5.95 Å². The zero-order valence-electron chi connectivity index (χ0n) is 12.3. The lowest BCUT2D eigenvalue weighted by atomic mass is 9.94. The van der Waals surface area contributed by atoms with Crippen LogP contribution in [0.4, 0.5) is 11.9 Å². The first-order valence-corrected chi connectivity index (χ1v) is 7.16. The number of nitrogens with zero attached hydrogens (tertiary/aromatic N) is 6. The lowest BCUT2D eigenvalue weighted by Gasteiger charge is -2.36. The van der Waals surface area contributed by atoms with Crippen LogP contribution in [0, 0.1) is 5.92 Å². The maximum absolute atomic E-state index is 5.48. The molecule has 3 heterocycles. The summed E-state index contributed by atoms with van der Waals surface area (Å²) in [4.78, 5) is 15.4. The van der Waals surface area contributed by atoms with Gasteiger partial charge in [-0.3, -0.25) is 5.43 Å². The maximum Gasteiger partial charge on any atom is 0.257 e.